The number of methoxy groups -OCH3 is 1. The van der Waals surface area contributed by atoms with Crippen LogP contribution >= 0.6 is 0 Å². The topological polar surface area (TPSA) is 59.6 Å². The van der Waals surface area contributed by atoms with E-state index in [9.17, 15) is 4.79 Å². The predicted octanol–water partition coefficient (Wildman–Crippen LogP) is -0.484. The monoisotopic (exact) mass is 216 g/mol. The summed E-state index contributed by atoms with van der Waals surface area (Å²) < 4.78 is 10.4. The molecule has 0 bridgehead atoms. The van der Waals surface area contributed by atoms with E-state index in [1.54, 1.807) is 13.8 Å². The van der Waals surface area contributed by atoms with E-state index in [1.807, 2.05) is 0 Å². The summed E-state index contributed by atoms with van der Waals surface area (Å²) in [4.78, 5) is 11.6. The van der Waals surface area contributed by atoms with Crippen LogP contribution in [0.3, 0.4) is 0 Å². The van der Waals surface area contributed by atoms with Gasteiger partial charge < -0.3 is 20.1 Å². The second-order valence-corrected chi connectivity index (χ2v) is 4.15. The molecule has 1 fully saturated rings. The maximum Gasteiger partial charge on any atom is 0.251 e. The quantitative estimate of drug-likeness (QED) is 0.666. The van der Waals surface area contributed by atoms with Gasteiger partial charge in [0.25, 0.3) is 5.91 Å². The normalized spacial score (nSPS) is 22.5. The Balaban J connectivity index is 2.26. The third kappa shape index (κ3) is 3.77. The maximum atomic E-state index is 11.6. The van der Waals surface area contributed by atoms with Crippen LogP contribution in [0.5, 0.6) is 0 Å². The molecule has 5 nitrogen and oxygen atoms in total. The minimum absolute atomic E-state index is 0.0997. The molecule has 1 aliphatic rings. The first-order chi connectivity index (χ1) is 7.06. The number of nitrogens with one attached hydrogen (secondary N) is 2. The number of ether oxygens (including phenoxy) is 2. The van der Waals surface area contributed by atoms with E-state index >= 15 is 0 Å². The predicted molar refractivity (Wildman–Crippen MR) is 56.7 cm³/mol. The second-order valence-electron chi connectivity index (χ2n) is 4.15. The van der Waals surface area contributed by atoms with Crippen molar-refractivity contribution in [1.29, 1.82) is 0 Å². The Kier molecular flexibility index (Phi) is 4.50. The van der Waals surface area contributed by atoms with Gasteiger partial charge in [-0.25, -0.2) is 0 Å². The van der Waals surface area contributed by atoms with Crippen molar-refractivity contribution >= 4 is 5.91 Å². The van der Waals surface area contributed by atoms with Gasteiger partial charge in [-0.2, -0.15) is 0 Å². The number of hydrogen-bond acceptors (Lipinski definition) is 4. The Morgan fingerprint density at radius 2 is 2.40 bits per heavy atom. The Bertz CT molecular complexity index is 213. The molecule has 1 aliphatic heterocycles. The molecular formula is C10H20N2O3. The van der Waals surface area contributed by atoms with Crippen LogP contribution in [-0.4, -0.2) is 51.0 Å². The number of hydrogen-bond donors (Lipinski definition) is 2. The van der Waals surface area contributed by atoms with Crippen molar-refractivity contribution in [1.82, 2.24) is 10.6 Å². The standard InChI is InChI=1S/C10H20N2O3/c1-10(2,14-3)9(13)12-6-8-7-15-5-4-11-8/h8,11H,4-7H2,1-3H3,(H,12,13). The molecule has 1 amide bonds. The highest BCUT2D eigenvalue weighted by Gasteiger charge is 2.27. The molecule has 0 saturated carbocycles. The minimum atomic E-state index is -0.768. The van der Waals surface area contributed by atoms with E-state index in [1.165, 1.54) is 7.11 Å². The molecule has 2 N–H and O–H groups in total. The Hall–Kier alpha value is -0.650. The SMILES string of the molecule is COC(C)(C)C(=O)NCC1COCCN1. The molecule has 1 saturated heterocycles. The first-order valence-corrected chi connectivity index (χ1v) is 5.21. The van der Waals surface area contributed by atoms with E-state index in [0.717, 1.165) is 13.2 Å². The number of carbonyl (C=O) groups excluding carboxylic acids is 1. The summed E-state index contributed by atoms with van der Waals surface area (Å²) in [6.07, 6.45) is 0. The Morgan fingerprint density at radius 1 is 1.67 bits per heavy atom. The lowest BCUT2D eigenvalue weighted by Gasteiger charge is -2.26. The van der Waals surface area contributed by atoms with Gasteiger partial charge in [0, 0.05) is 26.2 Å². The van der Waals surface area contributed by atoms with Gasteiger partial charge in [0.15, 0.2) is 0 Å². The summed E-state index contributed by atoms with van der Waals surface area (Å²) in [6, 6.07) is 0.204. The van der Waals surface area contributed by atoms with Crippen molar-refractivity contribution in [2.24, 2.45) is 0 Å². The van der Waals surface area contributed by atoms with Gasteiger partial charge in [-0.15, -0.1) is 0 Å². The zero-order chi connectivity index (χ0) is 11.3. The van der Waals surface area contributed by atoms with Crippen molar-refractivity contribution in [3.63, 3.8) is 0 Å². The summed E-state index contributed by atoms with van der Waals surface area (Å²) in [5.74, 6) is -0.0997. The molecule has 15 heavy (non-hydrogen) atoms. The molecule has 0 aliphatic carbocycles. The molecule has 0 aromatic carbocycles. The molecule has 1 unspecified atom stereocenters. The molecule has 0 radical (unpaired) electrons. The van der Waals surface area contributed by atoms with Crippen LogP contribution in [0.4, 0.5) is 0 Å². The fourth-order valence-corrected chi connectivity index (χ4v) is 1.27. The molecule has 1 rings (SSSR count). The third-order valence-electron chi connectivity index (χ3n) is 2.56. The van der Waals surface area contributed by atoms with Crippen LogP contribution in [0.2, 0.25) is 0 Å². The zero-order valence-corrected chi connectivity index (χ0v) is 9.63. The maximum absolute atomic E-state index is 11.6. The summed E-state index contributed by atoms with van der Waals surface area (Å²) >= 11 is 0. The zero-order valence-electron chi connectivity index (χ0n) is 9.63. The van der Waals surface area contributed by atoms with Crippen LogP contribution in [0.1, 0.15) is 13.8 Å². The number of carbonyl (C=O) groups is 1. The third-order valence-corrected chi connectivity index (χ3v) is 2.56. The average Bonchev–Trinajstić information content (AvgIpc) is 2.27. The number of morpholine rings is 1. The fraction of sp³-hybridized carbons (Fsp3) is 0.900. The second kappa shape index (κ2) is 5.44. The lowest BCUT2D eigenvalue weighted by molar-refractivity contribution is -0.139. The van der Waals surface area contributed by atoms with E-state index in [2.05, 4.69) is 10.6 Å². The molecule has 5 heteroatoms. The first-order valence-electron chi connectivity index (χ1n) is 5.21. The molecule has 0 spiro atoms. The largest absolute Gasteiger partial charge is 0.378 e. The Labute approximate surface area is 90.5 Å². The van der Waals surface area contributed by atoms with Crippen LogP contribution in [0.25, 0.3) is 0 Å². The number of amides is 1. The van der Waals surface area contributed by atoms with Crippen molar-refractivity contribution in [3.05, 3.63) is 0 Å². The van der Waals surface area contributed by atoms with Crippen molar-refractivity contribution in [3.8, 4) is 0 Å². The fourth-order valence-electron chi connectivity index (χ4n) is 1.27. The minimum Gasteiger partial charge on any atom is -0.378 e. The van der Waals surface area contributed by atoms with Gasteiger partial charge in [0.05, 0.1) is 13.2 Å². The molecular weight excluding hydrogens is 196 g/mol. The lowest BCUT2D eigenvalue weighted by atomic mass is 10.1. The van der Waals surface area contributed by atoms with Gasteiger partial charge in [-0.05, 0) is 13.8 Å². The van der Waals surface area contributed by atoms with Crippen LogP contribution in [-0.2, 0) is 14.3 Å². The molecule has 0 aromatic rings. The average molecular weight is 216 g/mol. The smallest absolute Gasteiger partial charge is 0.251 e. The lowest BCUT2D eigenvalue weighted by Crippen LogP contribution is -2.52. The highest BCUT2D eigenvalue weighted by molar-refractivity contribution is 5.84. The highest BCUT2D eigenvalue weighted by Crippen LogP contribution is 2.06. The van der Waals surface area contributed by atoms with Crippen LogP contribution in [0, 0.1) is 0 Å². The van der Waals surface area contributed by atoms with Gasteiger partial charge in [-0.3, -0.25) is 4.79 Å². The summed E-state index contributed by atoms with van der Waals surface area (Å²) in [5, 5.41) is 6.10. The van der Waals surface area contributed by atoms with Gasteiger partial charge in [0.2, 0.25) is 0 Å². The van der Waals surface area contributed by atoms with E-state index in [-0.39, 0.29) is 11.9 Å². The van der Waals surface area contributed by atoms with E-state index < -0.39 is 5.60 Å². The van der Waals surface area contributed by atoms with Gasteiger partial charge >= 0.3 is 0 Å². The van der Waals surface area contributed by atoms with E-state index in [0.29, 0.717) is 13.2 Å². The van der Waals surface area contributed by atoms with Crippen molar-refractivity contribution in [2.45, 2.75) is 25.5 Å². The summed E-state index contributed by atoms with van der Waals surface area (Å²) in [7, 11) is 1.53. The van der Waals surface area contributed by atoms with E-state index in [4.69, 9.17) is 9.47 Å². The first kappa shape index (κ1) is 12.4. The van der Waals surface area contributed by atoms with Gasteiger partial charge in [0.1, 0.15) is 5.60 Å². The highest BCUT2D eigenvalue weighted by atomic mass is 16.5. The van der Waals surface area contributed by atoms with Crippen molar-refractivity contribution in [2.75, 3.05) is 33.4 Å². The van der Waals surface area contributed by atoms with Gasteiger partial charge in [-0.1, -0.05) is 0 Å². The molecule has 0 aromatic heterocycles. The molecule has 1 atom stereocenters. The summed E-state index contributed by atoms with van der Waals surface area (Å²) in [6.45, 7) is 6.29. The van der Waals surface area contributed by atoms with Crippen molar-refractivity contribution < 1.29 is 14.3 Å². The molecule has 88 valence electrons. The summed E-state index contributed by atoms with van der Waals surface area (Å²) in [5.41, 5.74) is -0.768. The van der Waals surface area contributed by atoms with Crippen LogP contribution < -0.4 is 10.6 Å². The molecule has 1 heterocycles. The van der Waals surface area contributed by atoms with Crippen LogP contribution in [0.15, 0.2) is 0 Å². The number of rotatable bonds is 4. The Morgan fingerprint density at radius 3 is 2.93 bits per heavy atom.